The average Bonchev–Trinajstić information content (AvgIpc) is 2.55. The third kappa shape index (κ3) is 3.42. The molecule has 1 amide bonds. The van der Waals surface area contributed by atoms with Crippen molar-refractivity contribution in [2.45, 2.75) is 50.8 Å². The second kappa shape index (κ2) is 6.67. The lowest BCUT2D eigenvalue weighted by atomic mass is 9.92. The van der Waals surface area contributed by atoms with Crippen LogP contribution in [0.4, 0.5) is 5.69 Å². The van der Waals surface area contributed by atoms with E-state index in [1.165, 1.54) is 5.56 Å². The molecule has 0 aromatic heterocycles. The number of methoxy groups -OCH3 is 1. The van der Waals surface area contributed by atoms with E-state index in [0.29, 0.717) is 12.1 Å². The smallest absolute Gasteiger partial charge is 0.262 e. The molecule has 0 radical (unpaired) electrons. The Balaban J connectivity index is 1.61. The minimum absolute atomic E-state index is 0.0960. The maximum Gasteiger partial charge on any atom is 0.262 e. The predicted octanol–water partition coefficient (Wildman–Crippen LogP) is 2.63. The standard InChI is InChI=1S/C17H24N2O3/c1-11(18-13-4-6-14(21-2)7-5-13)12-3-8-15-16(9-12)22-10-17(20)19-15/h3,8-9,11,13-14,18H,4-7,10H2,1-2H3,(H,19,20). The number of hydrogen-bond donors (Lipinski definition) is 2. The third-order valence-corrected chi connectivity index (χ3v) is 4.63. The van der Waals surface area contributed by atoms with Gasteiger partial charge in [-0.15, -0.1) is 0 Å². The number of anilines is 1. The highest BCUT2D eigenvalue weighted by Gasteiger charge is 2.23. The molecule has 3 rings (SSSR count). The van der Waals surface area contributed by atoms with E-state index in [9.17, 15) is 4.79 Å². The highest BCUT2D eigenvalue weighted by atomic mass is 16.5. The second-order valence-corrected chi connectivity index (χ2v) is 6.19. The van der Waals surface area contributed by atoms with Gasteiger partial charge in [-0.05, 0) is 50.3 Å². The zero-order valence-electron chi connectivity index (χ0n) is 13.2. The summed E-state index contributed by atoms with van der Waals surface area (Å²) in [4.78, 5) is 11.3. The van der Waals surface area contributed by atoms with Crippen molar-refractivity contribution in [2.75, 3.05) is 19.0 Å². The van der Waals surface area contributed by atoms with Gasteiger partial charge in [-0.2, -0.15) is 0 Å². The van der Waals surface area contributed by atoms with E-state index in [-0.39, 0.29) is 18.6 Å². The molecule has 22 heavy (non-hydrogen) atoms. The summed E-state index contributed by atoms with van der Waals surface area (Å²) in [5.41, 5.74) is 1.94. The minimum Gasteiger partial charge on any atom is -0.482 e. The number of rotatable bonds is 4. The SMILES string of the molecule is COC1CCC(NC(C)c2ccc3c(c2)OCC(=O)N3)CC1. The molecule has 1 aliphatic carbocycles. The van der Waals surface area contributed by atoms with Gasteiger partial charge in [0.2, 0.25) is 0 Å². The molecule has 5 nitrogen and oxygen atoms in total. The van der Waals surface area contributed by atoms with Gasteiger partial charge in [0.25, 0.3) is 5.91 Å². The van der Waals surface area contributed by atoms with Crippen molar-refractivity contribution in [1.82, 2.24) is 5.32 Å². The van der Waals surface area contributed by atoms with E-state index >= 15 is 0 Å². The molecule has 0 saturated heterocycles. The van der Waals surface area contributed by atoms with Crippen LogP contribution in [0.2, 0.25) is 0 Å². The summed E-state index contributed by atoms with van der Waals surface area (Å²) in [5, 5.41) is 6.52. The summed E-state index contributed by atoms with van der Waals surface area (Å²) in [6, 6.07) is 6.79. The van der Waals surface area contributed by atoms with E-state index in [2.05, 4.69) is 17.6 Å². The number of fused-ring (bicyclic) bond motifs is 1. The van der Waals surface area contributed by atoms with Gasteiger partial charge in [-0.25, -0.2) is 0 Å². The molecule has 120 valence electrons. The number of carbonyl (C=O) groups is 1. The summed E-state index contributed by atoms with van der Waals surface area (Å²) in [6.07, 6.45) is 4.98. The largest absolute Gasteiger partial charge is 0.482 e. The van der Waals surface area contributed by atoms with Gasteiger partial charge in [0.05, 0.1) is 11.8 Å². The monoisotopic (exact) mass is 304 g/mol. The van der Waals surface area contributed by atoms with Gasteiger partial charge in [-0.3, -0.25) is 4.79 Å². The van der Waals surface area contributed by atoms with Gasteiger partial charge < -0.3 is 20.1 Å². The van der Waals surface area contributed by atoms with Crippen molar-refractivity contribution < 1.29 is 14.3 Å². The van der Waals surface area contributed by atoms with Crippen LogP contribution < -0.4 is 15.4 Å². The summed E-state index contributed by atoms with van der Waals surface area (Å²) in [7, 11) is 1.80. The van der Waals surface area contributed by atoms with Crippen molar-refractivity contribution in [2.24, 2.45) is 0 Å². The number of amides is 1. The fourth-order valence-corrected chi connectivity index (χ4v) is 3.28. The number of benzene rings is 1. The lowest BCUT2D eigenvalue weighted by Crippen LogP contribution is -2.36. The van der Waals surface area contributed by atoms with Gasteiger partial charge in [0, 0.05) is 19.2 Å². The Morgan fingerprint density at radius 1 is 1.32 bits per heavy atom. The Bertz CT molecular complexity index is 539. The topological polar surface area (TPSA) is 59.6 Å². The predicted molar refractivity (Wildman–Crippen MR) is 85.2 cm³/mol. The van der Waals surface area contributed by atoms with Crippen molar-refractivity contribution in [3.8, 4) is 5.75 Å². The quantitative estimate of drug-likeness (QED) is 0.898. The number of hydrogen-bond acceptors (Lipinski definition) is 4. The molecule has 1 atom stereocenters. The fourth-order valence-electron chi connectivity index (χ4n) is 3.28. The molecule has 1 aromatic carbocycles. The van der Waals surface area contributed by atoms with Crippen LogP contribution in [0.3, 0.4) is 0 Å². The van der Waals surface area contributed by atoms with Gasteiger partial charge in [0.15, 0.2) is 6.61 Å². The van der Waals surface area contributed by atoms with E-state index < -0.39 is 0 Å². The summed E-state index contributed by atoms with van der Waals surface area (Å²) in [6.45, 7) is 2.27. The first-order valence-electron chi connectivity index (χ1n) is 8.01. The number of ether oxygens (including phenoxy) is 2. The molecule has 1 aliphatic heterocycles. The van der Waals surface area contributed by atoms with Crippen LogP contribution >= 0.6 is 0 Å². The van der Waals surface area contributed by atoms with Crippen molar-refractivity contribution in [3.05, 3.63) is 23.8 Å². The molecule has 2 N–H and O–H groups in total. The van der Waals surface area contributed by atoms with E-state index in [1.807, 2.05) is 18.2 Å². The highest BCUT2D eigenvalue weighted by Crippen LogP contribution is 2.31. The average molecular weight is 304 g/mol. The summed E-state index contributed by atoms with van der Waals surface area (Å²) in [5.74, 6) is 0.662. The Morgan fingerprint density at radius 2 is 2.09 bits per heavy atom. The Labute approximate surface area is 131 Å². The Hall–Kier alpha value is -1.59. The van der Waals surface area contributed by atoms with Crippen LogP contribution in [0, 0.1) is 0 Å². The van der Waals surface area contributed by atoms with Crippen molar-refractivity contribution in [3.63, 3.8) is 0 Å². The summed E-state index contributed by atoms with van der Waals surface area (Å²) >= 11 is 0. The van der Waals surface area contributed by atoms with E-state index in [0.717, 1.165) is 37.1 Å². The van der Waals surface area contributed by atoms with Crippen molar-refractivity contribution >= 4 is 11.6 Å². The zero-order valence-corrected chi connectivity index (χ0v) is 13.2. The molecule has 5 heteroatoms. The first-order valence-corrected chi connectivity index (χ1v) is 8.01. The molecule has 1 heterocycles. The van der Waals surface area contributed by atoms with Crippen LogP contribution in [0.1, 0.15) is 44.2 Å². The minimum atomic E-state index is -0.0960. The molecule has 2 aliphatic rings. The zero-order chi connectivity index (χ0) is 15.5. The van der Waals surface area contributed by atoms with Crippen LogP contribution in [0.25, 0.3) is 0 Å². The second-order valence-electron chi connectivity index (χ2n) is 6.19. The van der Waals surface area contributed by atoms with E-state index in [4.69, 9.17) is 9.47 Å². The molecule has 1 aromatic rings. The lowest BCUT2D eigenvalue weighted by molar-refractivity contribution is -0.118. The molecule has 1 unspecified atom stereocenters. The Morgan fingerprint density at radius 3 is 2.82 bits per heavy atom. The first kappa shape index (κ1) is 15.3. The maximum atomic E-state index is 11.3. The lowest BCUT2D eigenvalue weighted by Gasteiger charge is -2.31. The third-order valence-electron chi connectivity index (χ3n) is 4.63. The van der Waals surface area contributed by atoms with Gasteiger partial charge in [-0.1, -0.05) is 6.07 Å². The normalized spacial score (nSPS) is 25.8. The van der Waals surface area contributed by atoms with Crippen molar-refractivity contribution in [1.29, 1.82) is 0 Å². The molecular formula is C17H24N2O3. The fraction of sp³-hybridized carbons (Fsp3) is 0.588. The molecular weight excluding hydrogens is 280 g/mol. The van der Waals surface area contributed by atoms with Crippen LogP contribution in [0.5, 0.6) is 5.75 Å². The molecule has 1 saturated carbocycles. The van der Waals surface area contributed by atoms with Crippen LogP contribution in [-0.2, 0) is 9.53 Å². The number of carbonyl (C=O) groups excluding carboxylic acids is 1. The van der Waals surface area contributed by atoms with Gasteiger partial charge >= 0.3 is 0 Å². The number of nitrogens with one attached hydrogen (secondary N) is 2. The van der Waals surface area contributed by atoms with Crippen LogP contribution in [0.15, 0.2) is 18.2 Å². The molecule has 0 spiro atoms. The summed E-state index contributed by atoms with van der Waals surface area (Å²) < 4.78 is 10.9. The first-order chi connectivity index (χ1) is 10.7. The molecule has 0 bridgehead atoms. The Kier molecular flexibility index (Phi) is 4.64. The highest BCUT2D eigenvalue weighted by molar-refractivity contribution is 5.95. The van der Waals surface area contributed by atoms with Gasteiger partial charge in [0.1, 0.15) is 5.75 Å². The van der Waals surface area contributed by atoms with Crippen LogP contribution in [-0.4, -0.2) is 31.8 Å². The maximum absolute atomic E-state index is 11.3. The molecule has 1 fully saturated rings. The van der Waals surface area contributed by atoms with E-state index in [1.54, 1.807) is 7.11 Å².